The van der Waals surface area contributed by atoms with Crippen LogP contribution < -0.4 is 10.6 Å². The van der Waals surface area contributed by atoms with Crippen LogP contribution in [-0.4, -0.2) is 12.0 Å². The van der Waals surface area contributed by atoms with Crippen molar-refractivity contribution in [1.29, 1.82) is 0 Å². The lowest BCUT2D eigenvalue weighted by atomic mass is 10.1. The molecule has 0 aliphatic rings. The largest absolute Gasteiger partial charge is 0.419 e. The highest BCUT2D eigenvalue weighted by Gasteiger charge is 2.35. The maximum atomic E-state index is 13.5. The molecule has 0 spiro atoms. The molecule has 21 heavy (non-hydrogen) atoms. The van der Waals surface area contributed by atoms with Crippen molar-refractivity contribution in [1.82, 2.24) is 4.98 Å². The molecular formula is C14H13F4N3. The summed E-state index contributed by atoms with van der Waals surface area (Å²) in [4.78, 5) is 4.94. The number of nitrogens with zero attached hydrogens (tertiary/aromatic N) is 2. The zero-order valence-corrected chi connectivity index (χ0v) is 11.4. The van der Waals surface area contributed by atoms with E-state index in [2.05, 4.69) is 4.98 Å². The quantitative estimate of drug-likeness (QED) is 0.675. The van der Waals surface area contributed by atoms with E-state index < -0.39 is 17.6 Å². The van der Waals surface area contributed by atoms with E-state index in [1.54, 1.807) is 6.92 Å². The Morgan fingerprint density at radius 3 is 2.52 bits per heavy atom. The first-order valence-corrected chi connectivity index (χ1v) is 6.03. The molecule has 0 aliphatic carbocycles. The molecule has 0 fully saturated rings. The average Bonchev–Trinajstić information content (AvgIpc) is 2.41. The lowest BCUT2D eigenvalue weighted by Gasteiger charge is -2.24. The van der Waals surface area contributed by atoms with Gasteiger partial charge in [0.05, 0.1) is 5.56 Å². The molecule has 1 heterocycles. The van der Waals surface area contributed by atoms with Gasteiger partial charge in [0.2, 0.25) is 0 Å². The van der Waals surface area contributed by atoms with Crippen molar-refractivity contribution in [2.45, 2.75) is 13.1 Å². The third kappa shape index (κ3) is 2.91. The Hall–Kier alpha value is -2.31. The minimum Gasteiger partial charge on any atom is -0.398 e. The Morgan fingerprint density at radius 2 is 1.90 bits per heavy atom. The van der Waals surface area contributed by atoms with E-state index in [0.29, 0.717) is 5.56 Å². The fourth-order valence-electron chi connectivity index (χ4n) is 2.03. The van der Waals surface area contributed by atoms with Gasteiger partial charge >= 0.3 is 6.18 Å². The van der Waals surface area contributed by atoms with Crippen molar-refractivity contribution in [3.05, 3.63) is 47.4 Å². The lowest BCUT2D eigenvalue weighted by molar-refractivity contribution is -0.137. The zero-order chi connectivity index (χ0) is 15.8. The minimum absolute atomic E-state index is 0.168. The summed E-state index contributed by atoms with van der Waals surface area (Å²) in [5, 5.41) is 0. The van der Waals surface area contributed by atoms with Gasteiger partial charge in [-0.1, -0.05) is 0 Å². The second kappa shape index (κ2) is 5.23. The molecule has 112 valence electrons. The van der Waals surface area contributed by atoms with E-state index >= 15 is 0 Å². The molecule has 3 nitrogen and oxygen atoms in total. The van der Waals surface area contributed by atoms with E-state index in [-0.39, 0.29) is 17.2 Å². The Kier molecular flexibility index (Phi) is 3.76. The topological polar surface area (TPSA) is 42.1 Å². The molecular weight excluding hydrogens is 286 g/mol. The minimum atomic E-state index is -4.55. The molecule has 7 heteroatoms. The van der Waals surface area contributed by atoms with Gasteiger partial charge < -0.3 is 10.6 Å². The van der Waals surface area contributed by atoms with Crippen molar-refractivity contribution in [3.8, 4) is 0 Å². The average molecular weight is 299 g/mol. The summed E-state index contributed by atoms with van der Waals surface area (Å²) in [5.74, 6) is -0.928. The molecule has 0 radical (unpaired) electrons. The van der Waals surface area contributed by atoms with Crippen LogP contribution >= 0.6 is 0 Å². The number of hydrogen-bond acceptors (Lipinski definition) is 3. The van der Waals surface area contributed by atoms with Gasteiger partial charge in [0.1, 0.15) is 11.6 Å². The van der Waals surface area contributed by atoms with E-state index in [1.165, 1.54) is 24.2 Å². The molecule has 0 bridgehead atoms. The first-order valence-electron chi connectivity index (χ1n) is 6.03. The summed E-state index contributed by atoms with van der Waals surface area (Å²) in [6.45, 7) is 1.61. The van der Waals surface area contributed by atoms with Gasteiger partial charge in [-0.2, -0.15) is 13.2 Å². The third-order valence-corrected chi connectivity index (χ3v) is 3.16. The Labute approximate surface area is 119 Å². The summed E-state index contributed by atoms with van der Waals surface area (Å²) in [7, 11) is 1.39. The molecule has 1 aromatic carbocycles. The highest BCUT2D eigenvalue weighted by Crippen LogP contribution is 2.38. The fraction of sp³-hybridized carbons (Fsp3) is 0.214. The van der Waals surface area contributed by atoms with Gasteiger partial charge in [-0.05, 0) is 36.8 Å². The van der Waals surface area contributed by atoms with Crippen LogP contribution in [-0.2, 0) is 6.18 Å². The number of nitrogen functional groups attached to an aromatic ring is 1. The maximum absolute atomic E-state index is 13.5. The summed E-state index contributed by atoms with van der Waals surface area (Å²) >= 11 is 0. The molecule has 0 saturated heterocycles. The SMILES string of the molecule is Cc1c(N)cc(F)cc1N(C)c1ncccc1C(F)(F)F. The van der Waals surface area contributed by atoms with E-state index in [9.17, 15) is 17.6 Å². The third-order valence-electron chi connectivity index (χ3n) is 3.16. The Morgan fingerprint density at radius 1 is 1.24 bits per heavy atom. The lowest BCUT2D eigenvalue weighted by Crippen LogP contribution is -2.19. The predicted molar refractivity (Wildman–Crippen MR) is 72.9 cm³/mol. The fourth-order valence-corrected chi connectivity index (χ4v) is 2.03. The van der Waals surface area contributed by atoms with E-state index in [0.717, 1.165) is 18.2 Å². The zero-order valence-electron chi connectivity index (χ0n) is 11.4. The van der Waals surface area contributed by atoms with Gasteiger partial charge in [0.25, 0.3) is 0 Å². The van der Waals surface area contributed by atoms with Crippen molar-refractivity contribution >= 4 is 17.2 Å². The van der Waals surface area contributed by atoms with Crippen LogP contribution in [0, 0.1) is 12.7 Å². The highest BCUT2D eigenvalue weighted by atomic mass is 19.4. The predicted octanol–water partition coefficient (Wildman–Crippen LogP) is 3.90. The second-order valence-electron chi connectivity index (χ2n) is 4.57. The summed E-state index contributed by atoms with van der Waals surface area (Å²) < 4.78 is 52.5. The Balaban J connectivity index is 2.59. The van der Waals surface area contributed by atoms with Crippen LogP contribution in [0.5, 0.6) is 0 Å². The molecule has 1 aromatic heterocycles. The monoisotopic (exact) mass is 299 g/mol. The van der Waals surface area contributed by atoms with Crippen molar-refractivity contribution in [3.63, 3.8) is 0 Å². The summed E-state index contributed by atoms with van der Waals surface area (Å²) in [5.41, 5.74) is 5.64. The molecule has 0 unspecified atom stereocenters. The number of rotatable bonds is 2. The van der Waals surface area contributed by atoms with Gasteiger partial charge in [-0.3, -0.25) is 0 Å². The first kappa shape index (κ1) is 15.1. The van der Waals surface area contributed by atoms with Crippen molar-refractivity contribution < 1.29 is 17.6 Å². The number of halogens is 4. The van der Waals surface area contributed by atoms with Crippen LogP contribution in [0.2, 0.25) is 0 Å². The first-order chi connectivity index (χ1) is 9.71. The molecule has 0 aliphatic heterocycles. The Bertz CT molecular complexity index is 668. The van der Waals surface area contributed by atoms with Crippen molar-refractivity contribution in [2.24, 2.45) is 0 Å². The normalized spacial score (nSPS) is 11.5. The second-order valence-corrected chi connectivity index (χ2v) is 4.57. The number of alkyl halides is 3. The highest BCUT2D eigenvalue weighted by molar-refractivity contribution is 5.71. The van der Waals surface area contributed by atoms with Gasteiger partial charge in [-0.15, -0.1) is 0 Å². The number of pyridine rings is 1. The molecule has 2 aromatic rings. The molecule has 2 rings (SSSR count). The summed E-state index contributed by atoms with van der Waals surface area (Å²) in [6, 6.07) is 4.38. The van der Waals surface area contributed by atoms with Crippen LogP contribution in [0.3, 0.4) is 0 Å². The molecule has 0 amide bonds. The number of benzene rings is 1. The smallest absolute Gasteiger partial charge is 0.398 e. The van der Waals surface area contributed by atoms with Gasteiger partial charge in [0, 0.05) is 24.6 Å². The van der Waals surface area contributed by atoms with E-state index in [4.69, 9.17) is 5.73 Å². The van der Waals surface area contributed by atoms with Gasteiger partial charge in [-0.25, -0.2) is 9.37 Å². The number of nitrogens with two attached hydrogens (primary N) is 1. The standard InChI is InChI=1S/C14H13F4N3/c1-8-11(19)6-9(15)7-12(8)21(2)13-10(14(16,17)18)4-3-5-20-13/h3-7H,19H2,1-2H3. The van der Waals surface area contributed by atoms with Gasteiger partial charge in [0.15, 0.2) is 0 Å². The maximum Gasteiger partial charge on any atom is 0.419 e. The summed E-state index contributed by atoms with van der Waals surface area (Å²) in [6.07, 6.45) is -3.30. The van der Waals surface area contributed by atoms with E-state index in [1.807, 2.05) is 0 Å². The molecule has 0 saturated carbocycles. The number of anilines is 3. The van der Waals surface area contributed by atoms with Crippen molar-refractivity contribution in [2.75, 3.05) is 17.7 Å². The molecule has 2 N–H and O–H groups in total. The van der Waals surface area contributed by atoms with Crippen LogP contribution in [0.15, 0.2) is 30.5 Å². The number of aromatic nitrogens is 1. The van der Waals surface area contributed by atoms with Crippen LogP contribution in [0.25, 0.3) is 0 Å². The number of hydrogen-bond donors (Lipinski definition) is 1. The van der Waals surface area contributed by atoms with Crippen LogP contribution in [0.1, 0.15) is 11.1 Å². The van der Waals surface area contributed by atoms with Crippen LogP contribution in [0.4, 0.5) is 34.8 Å². The molecule has 0 atom stereocenters.